The Bertz CT molecular complexity index is 674. The lowest BCUT2D eigenvalue weighted by molar-refractivity contribution is -0.131. The van der Waals surface area contributed by atoms with Crippen molar-refractivity contribution in [1.82, 2.24) is 10.2 Å². The number of nitrogens with one attached hydrogen (secondary N) is 2. The summed E-state index contributed by atoms with van der Waals surface area (Å²) in [5, 5.41) is 17.8. The summed E-state index contributed by atoms with van der Waals surface area (Å²) in [4.78, 5) is 22.5. The number of nitrogens with zero attached hydrogens (tertiary/aromatic N) is 1. The molecule has 0 radical (unpaired) electrons. The minimum absolute atomic E-state index is 0.268. The third kappa shape index (κ3) is 3.32. The first-order valence-electron chi connectivity index (χ1n) is 5.88. The van der Waals surface area contributed by atoms with Gasteiger partial charge in [-0.15, -0.1) is 0 Å². The number of amides is 1. The fourth-order valence-corrected chi connectivity index (χ4v) is 1.67. The number of carboxylic acid groups (broad SMARTS) is 1. The second-order valence-electron chi connectivity index (χ2n) is 4.16. The van der Waals surface area contributed by atoms with Crippen LogP contribution in [-0.2, 0) is 4.79 Å². The fraction of sp³-hybridized carbons (Fsp3) is 0.0714. The standard InChI is InChI=1S/C14H13N3O3/c1-9-12(8-15-17-9)14(20)16-11-4-2-3-10(7-11)5-6-13(18)19/h2-8H,1H3,(H,15,17)(H,16,20)(H,18,19)/b6-5+. The van der Waals surface area contributed by atoms with Crippen molar-refractivity contribution in [3.05, 3.63) is 53.4 Å². The highest BCUT2D eigenvalue weighted by atomic mass is 16.4. The van der Waals surface area contributed by atoms with Crippen molar-refractivity contribution in [3.63, 3.8) is 0 Å². The van der Waals surface area contributed by atoms with E-state index >= 15 is 0 Å². The summed E-state index contributed by atoms with van der Waals surface area (Å²) in [5.74, 6) is -1.29. The number of anilines is 1. The van der Waals surface area contributed by atoms with Gasteiger partial charge in [-0.25, -0.2) is 4.79 Å². The highest BCUT2D eigenvalue weighted by Crippen LogP contribution is 2.14. The molecule has 102 valence electrons. The summed E-state index contributed by atoms with van der Waals surface area (Å²) in [6.07, 6.45) is 3.96. The number of rotatable bonds is 4. The molecule has 0 bridgehead atoms. The number of hydrogen-bond donors (Lipinski definition) is 3. The molecule has 0 spiro atoms. The van der Waals surface area contributed by atoms with Crippen LogP contribution in [0.3, 0.4) is 0 Å². The lowest BCUT2D eigenvalue weighted by Gasteiger charge is -2.05. The number of benzene rings is 1. The van der Waals surface area contributed by atoms with Crippen LogP contribution in [-0.4, -0.2) is 27.2 Å². The van der Waals surface area contributed by atoms with Crippen LogP contribution in [0.5, 0.6) is 0 Å². The van der Waals surface area contributed by atoms with Gasteiger partial charge in [0.15, 0.2) is 0 Å². The molecular weight excluding hydrogens is 258 g/mol. The van der Waals surface area contributed by atoms with Crippen LogP contribution < -0.4 is 5.32 Å². The number of carbonyl (C=O) groups excluding carboxylic acids is 1. The number of aliphatic carboxylic acids is 1. The van der Waals surface area contributed by atoms with Crippen molar-refractivity contribution in [1.29, 1.82) is 0 Å². The molecule has 0 fully saturated rings. The van der Waals surface area contributed by atoms with Crippen LogP contribution in [0.2, 0.25) is 0 Å². The van der Waals surface area contributed by atoms with E-state index in [-0.39, 0.29) is 5.91 Å². The van der Waals surface area contributed by atoms with Crippen molar-refractivity contribution < 1.29 is 14.7 Å². The molecule has 0 aliphatic carbocycles. The molecule has 1 amide bonds. The predicted molar refractivity (Wildman–Crippen MR) is 74.4 cm³/mol. The van der Waals surface area contributed by atoms with E-state index in [0.29, 0.717) is 22.5 Å². The Morgan fingerprint density at radius 2 is 2.20 bits per heavy atom. The Morgan fingerprint density at radius 1 is 1.40 bits per heavy atom. The van der Waals surface area contributed by atoms with Gasteiger partial charge in [-0.3, -0.25) is 9.89 Å². The van der Waals surface area contributed by atoms with Gasteiger partial charge in [0.2, 0.25) is 0 Å². The molecule has 0 saturated heterocycles. The van der Waals surface area contributed by atoms with E-state index in [1.165, 1.54) is 12.3 Å². The average molecular weight is 271 g/mol. The van der Waals surface area contributed by atoms with Gasteiger partial charge in [0.25, 0.3) is 5.91 Å². The Labute approximate surface area is 115 Å². The summed E-state index contributed by atoms with van der Waals surface area (Å²) in [6.45, 7) is 1.76. The van der Waals surface area contributed by atoms with Crippen molar-refractivity contribution in [2.45, 2.75) is 6.92 Å². The molecule has 0 aliphatic heterocycles. The van der Waals surface area contributed by atoms with E-state index in [2.05, 4.69) is 15.5 Å². The number of aryl methyl sites for hydroxylation is 1. The van der Waals surface area contributed by atoms with Crippen molar-refractivity contribution in [3.8, 4) is 0 Å². The smallest absolute Gasteiger partial charge is 0.328 e. The molecular formula is C14H13N3O3. The Balaban J connectivity index is 2.14. The Kier molecular flexibility index (Phi) is 3.95. The Hall–Kier alpha value is -2.89. The predicted octanol–water partition coefficient (Wildman–Crippen LogP) is 2.07. The molecule has 0 saturated carbocycles. The zero-order chi connectivity index (χ0) is 14.5. The maximum Gasteiger partial charge on any atom is 0.328 e. The second kappa shape index (κ2) is 5.83. The first-order valence-corrected chi connectivity index (χ1v) is 5.88. The number of carboxylic acids is 1. The molecule has 1 aromatic carbocycles. The fourth-order valence-electron chi connectivity index (χ4n) is 1.67. The van der Waals surface area contributed by atoms with Gasteiger partial charge in [0.05, 0.1) is 11.8 Å². The summed E-state index contributed by atoms with van der Waals surface area (Å²) in [6, 6.07) is 6.90. The Morgan fingerprint density at radius 3 is 2.85 bits per heavy atom. The van der Waals surface area contributed by atoms with Crippen LogP contribution >= 0.6 is 0 Å². The molecule has 0 aliphatic rings. The second-order valence-corrected chi connectivity index (χ2v) is 4.16. The van der Waals surface area contributed by atoms with Gasteiger partial charge < -0.3 is 10.4 Å². The molecule has 20 heavy (non-hydrogen) atoms. The summed E-state index contributed by atoms with van der Waals surface area (Å²) >= 11 is 0. The van der Waals surface area contributed by atoms with Gasteiger partial charge in [0, 0.05) is 17.5 Å². The average Bonchev–Trinajstić information content (AvgIpc) is 2.83. The minimum atomic E-state index is -1.02. The van der Waals surface area contributed by atoms with Gasteiger partial charge in [0.1, 0.15) is 0 Å². The highest BCUT2D eigenvalue weighted by Gasteiger charge is 2.10. The van der Waals surface area contributed by atoms with Crippen molar-refractivity contribution in [2.24, 2.45) is 0 Å². The third-order valence-electron chi connectivity index (χ3n) is 2.64. The molecule has 0 atom stereocenters. The maximum absolute atomic E-state index is 12.0. The van der Waals surface area contributed by atoms with E-state index in [4.69, 9.17) is 5.11 Å². The topological polar surface area (TPSA) is 95.1 Å². The summed E-state index contributed by atoms with van der Waals surface area (Å²) in [7, 11) is 0. The van der Waals surface area contributed by atoms with Crippen LogP contribution in [0, 0.1) is 6.92 Å². The number of aromatic nitrogens is 2. The summed E-state index contributed by atoms with van der Waals surface area (Å²) in [5.41, 5.74) is 2.43. The van der Waals surface area contributed by atoms with Crippen LogP contribution in [0.15, 0.2) is 36.5 Å². The van der Waals surface area contributed by atoms with Gasteiger partial charge in [-0.2, -0.15) is 5.10 Å². The quantitative estimate of drug-likeness (QED) is 0.742. The number of H-pyrrole nitrogens is 1. The normalized spacial score (nSPS) is 10.7. The van der Waals surface area contributed by atoms with E-state index in [0.717, 1.165) is 6.08 Å². The molecule has 1 heterocycles. The molecule has 1 aromatic heterocycles. The molecule has 0 unspecified atom stereocenters. The third-order valence-corrected chi connectivity index (χ3v) is 2.64. The van der Waals surface area contributed by atoms with Crippen molar-refractivity contribution in [2.75, 3.05) is 5.32 Å². The van der Waals surface area contributed by atoms with E-state index < -0.39 is 5.97 Å². The lowest BCUT2D eigenvalue weighted by Crippen LogP contribution is -2.12. The van der Waals surface area contributed by atoms with Crippen LogP contribution in [0.25, 0.3) is 6.08 Å². The van der Waals surface area contributed by atoms with E-state index in [1.807, 2.05) is 0 Å². The summed E-state index contributed by atoms with van der Waals surface area (Å²) < 4.78 is 0. The first-order chi connectivity index (χ1) is 9.56. The largest absolute Gasteiger partial charge is 0.478 e. The zero-order valence-corrected chi connectivity index (χ0v) is 10.8. The monoisotopic (exact) mass is 271 g/mol. The van der Waals surface area contributed by atoms with E-state index in [1.54, 1.807) is 31.2 Å². The minimum Gasteiger partial charge on any atom is -0.478 e. The number of hydrogen-bond acceptors (Lipinski definition) is 3. The van der Waals surface area contributed by atoms with E-state index in [9.17, 15) is 9.59 Å². The first kappa shape index (κ1) is 13.5. The molecule has 3 N–H and O–H groups in total. The molecule has 2 rings (SSSR count). The van der Waals surface area contributed by atoms with Crippen LogP contribution in [0.1, 0.15) is 21.6 Å². The van der Waals surface area contributed by atoms with Gasteiger partial charge >= 0.3 is 5.97 Å². The highest BCUT2D eigenvalue weighted by molar-refractivity contribution is 6.05. The molecule has 6 nitrogen and oxygen atoms in total. The molecule has 2 aromatic rings. The lowest BCUT2D eigenvalue weighted by atomic mass is 10.1. The number of carbonyl (C=O) groups is 2. The van der Waals surface area contributed by atoms with Crippen LogP contribution in [0.4, 0.5) is 5.69 Å². The van der Waals surface area contributed by atoms with Gasteiger partial charge in [-0.1, -0.05) is 12.1 Å². The zero-order valence-electron chi connectivity index (χ0n) is 10.8. The SMILES string of the molecule is Cc1[nH]ncc1C(=O)Nc1cccc(/C=C/C(=O)O)c1. The number of aromatic amines is 1. The maximum atomic E-state index is 12.0. The van der Waals surface area contributed by atoms with Crippen molar-refractivity contribution >= 4 is 23.6 Å². The van der Waals surface area contributed by atoms with Gasteiger partial charge in [-0.05, 0) is 30.7 Å². The molecule has 6 heteroatoms.